The number of hydrogen-bond acceptors (Lipinski definition) is 9. The molecule has 0 bridgehead atoms. The van der Waals surface area contributed by atoms with Crippen LogP contribution < -0.4 is 0 Å². The lowest BCUT2D eigenvalue weighted by Gasteiger charge is -2.33. The molecule has 0 aromatic carbocycles. The molecule has 1 unspecified atom stereocenters. The summed E-state index contributed by atoms with van der Waals surface area (Å²) >= 11 is 0.863. The van der Waals surface area contributed by atoms with E-state index in [9.17, 15) is 28.9 Å². The van der Waals surface area contributed by atoms with Crippen LogP contribution in [0.2, 0.25) is 0 Å². The Kier molecular flexibility index (Phi) is 4.17. The van der Waals surface area contributed by atoms with E-state index in [-0.39, 0.29) is 29.0 Å². The van der Waals surface area contributed by atoms with Crippen molar-refractivity contribution in [3.8, 4) is 0 Å². The van der Waals surface area contributed by atoms with Gasteiger partial charge in [0.05, 0.1) is 18.2 Å². The number of piperidine rings is 1. The second-order valence-corrected chi connectivity index (χ2v) is 6.21. The Morgan fingerprint density at radius 3 is 2.68 bits per heavy atom. The molecule has 130 valence electrons. The normalized spacial score (nSPS) is 20.1. The lowest BCUT2D eigenvalue weighted by atomic mass is 10.0. The van der Waals surface area contributed by atoms with Gasteiger partial charge in [-0.3, -0.25) is 33.8 Å². The van der Waals surface area contributed by atoms with Crippen LogP contribution in [-0.4, -0.2) is 59.1 Å². The number of nitroso groups, excluding NO2 is 1. The molecule has 2 aliphatic heterocycles. The van der Waals surface area contributed by atoms with Gasteiger partial charge in [-0.15, -0.1) is 16.2 Å². The van der Waals surface area contributed by atoms with E-state index in [1.54, 1.807) is 0 Å². The number of esters is 1. The quantitative estimate of drug-likeness (QED) is 0.429. The summed E-state index contributed by atoms with van der Waals surface area (Å²) in [7, 11) is 1.11. The van der Waals surface area contributed by atoms with Gasteiger partial charge < -0.3 is 4.74 Å². The lowest BCUT2D eigenvalue weighted by Crippen LogP contribution is -2.57. The molecule has 11 heteroatoms. The fourth-order valence-electron chi connectivity index (χ4n) is 2.83. The fraction of sp³-hybridized carbons (Fsp3) is 0.357. The molecule has 0 N–H and O–H groups in total. The number of likely N-dealkylation sites (tertiary alicyclic amines) is 1. The molecule has 10 nitrogen and oxygen atoms in total. The van der Waals surface area contributed by atoms with Gasteiger partial charge in [0.15, 0.2) is 5.00 Å². The number of imide groups is 2. The van der Waals surface area contributed by atoms with E-state index in [2.05, 4.69) is 9.91 Å². The Labute approximate surface area is 144 Å². The first-order chi connectivity index (χ1) is 11.9. The summed E-state index contributed by atoms with van der Waals surface area (Å²) in [5, 5.41) is 3.91. The van der Waals surface area contributed by atoms with Crippen molar-refractivity contribution in [2.45, 2.75) is 18.9 Å². The van der Waals surface area contributed by atoms with Crippen molar-refractivity contribution in [1.82, 2.24) is 9.80 Å². The van der Waals surface area contributed by atoms with E-state index in [0.717, 1.165) is 23.3 Å². The van der Waals surface area contributed by atoms with Crippen LogP contribution in [0.1, 0.15) is 33.6 Å². The van der Waals surface area contributed by atoms with Crippen LogP contribution in [0.15, 0.2) is 10.6 Å². The highest BCUT2D eigenvalue weighted by molar-refractivity contribution is 7.14. The van der Waals surface area contributed by atoms with Crippen LogP contribution in [0.25, 0.3) is 0 Å². The van der Waals surface area contributed by atoms with Gasteiger partial charge in [0.25, 0.3) is 17.7 Å². The van der Waals surface area contributed by atoms with E-state index < -0.39 is 42.2 Å². The molecule has 0 radical (unpaired) electrons. The number of hydrogen-bond donors (Lipinski definition) is 0. The molecule has 1 aromatic heterocycles. The fourth-order valence-corrected chi connectivity index (χ4v) is 3.63. The molecule has 1 aromatic rings. The maximum Gasteiger partial charge on any atom is 0.325 e. The molecule has 3 rings (SSSR count). The molecule has 1 saturated heterocycles. The Hall–Kier alpha value is -2.95. The zero-order valence-corrected chi connectivity index (χ0v) is 13.7. The van der Waals surface area contributed by atoms with Crippen molar-refractivity contribution in [2.24, 2.45) is 5.18 Å². The summed E-state index contributed by atoms with van der Waals surface area (Å²) in [5.41, 5.74) is -0.122. The summed E-state index contributed by atoms with van der Waals surface area (Å²) < 4.78 is 4.44. The largest absolute Gasteiger partial charge is 0.468 e. The monoisotopic (exact) mass is 365 g/mol. The number of ether oxygens (including phenoxy) is 1. The van der Waals surface area contributed by atoms with Crippen molar-refractivity contribution >= 4 is 45.9 Å². The minimum absolute atomic E-state index is 0.00816. The van der Waals surface area contributed by atoms with Crippen LogP contribution in [0.4, 0.5) is 5.00 Å². The molecule has 2 aliphatic rings. The Balaban J connectivity index is 1.90. The van der Waals surface area contributed by atoms with Gasteiger partial charge in [-0.05, 0) is 11.6 Å². The molecule has 0 spiro atoms. The highest BCUT2D eigenvalue weighted by Gasteiger charge is 2.49. The zero-order valence-electron chi connectivity index (χ0n) is 12.9. The second kappa shape index (κ2) is 6.16. The Bertz CT molecular complexity index is 830. The molecule has 25 heavy (non-hydrogen) atoms. The number of nitrogens with zero attached hydrogens (tertiary/aromatic N) is 3. The first-order valence-electron chi connectivity index (χ1n) is 7.14. The number of carbonyl (C=O) groups is 5. The molecular formula is C14H11N3O7S. The highest BCUT2D eigenvalue weighted by Crippen LogP contribution is 2.38. The summed E-state index contributed by atoms with van der Waals surface area (Å²) in [5.74, 6) is -3.75. The molecule has 0 aliphatic carbocycles. The van der Waals surface area contributed by atoms with Crippen LogP contribution in [0.5, 0.6) is 0 Å². The minimum atomic E-state index is -1.22. The van der Waals surface area contributed by atoms with Gasteiger partial charge in [-0.1, -0.05) is 0 Å². The van der Waals surface area contributed by atoms with Crippen molar-refractivity contribution in [3.63, 3.8) is 0 Å². The molecule has 4 amide bonds. The number of thiophene rings is 1. The third-order valence-corrected chi connectivity index (χ3v) is 4.90. The number of methoxy groups -OCH3 is 1. The van der Waals surface area contributed by atoms with Crippen LogP contribution in [-0.2, 0) is 19.1 Å². The standard InChI is InChI=1S/C14H11N3O7S/c1-24-9(19)4-16-8(18)3-2-7(13(16)21)17-12(20)6-5-25-11(15-23)10(6)14(17)22/h5,7H,2-4H2,1H3. The van der Waals surface area contributed by atoms with Gasteiger partial charge >= 0.3 is 5.97 Å². The van der Waals surface area contributed by atoms with Crippen LogP contribution >= 0.6 is 11.3 Å². The van der Waals surface area contributed by atoms with E-state index >= 15 is 0 Å². The lowest BCUT2D eigenvalue weighted by molar-refractivity contribution is -0.158. The van der Waals surface area contributed by atoms with Crippen LogP contribution in [0.3, 0.4) is 0 Å². The smallest absolute Gasteiger partial charge is 0.325 e. The van der Waals surface area contributed by atoms with E-state index in [4.69, 9.17) is 0 Å². The number of fused-ring (bicyclic) bond motifs is 1. The predicted molar refractivity (Wildman–Crippen MR) is 82.0 cm³/mol. The van der Waals surface area contributed by atoms with Crippen molar-refractivity contribution in [1.29, 1.82) is 0 Å². The SMILES string of the molecule is COC(=O)CN1C(=O)CCC(N2C(=O)c3csc(N=O)c3C2=O)C1=O. The van der Waals surface area contributed by atoms with Crippen LogP contribution in [0, 0.1) is 4.91 Å². The molecular weight excluding hydrogens is 354 g/mol. The minimum Gasteiger partial charge on any atom is -0.468 e. The van der Waals surface area contributed by atoms with E-state index in [0.29, 0.717) is 4.90 Å². The summed E-state index contributed by atoms with van der Waals surface area (Å²) in [4.78, 5) is 73.0. The van der Waals surface area contributed by atoms with Gasteiger partial charge in [0, 0.05) is 11.8 Å². The maximum atomic E-state index is 12.6. The van der Waals surface area contributed by atoms with Gasteiger partial charge in [-0.2, -0.15) is 0 Å². The topological polar surface area (TPSA) is 130 Å². The van der Waals surface area contributed by atoms with Crippen molar-refractivity contribution < 1.29 is 28.7 Å². The maximum absolute atomic E-state index is 12.6. The van der Waals surface area contributed by atoms with Crippen molar-refractivity contribution in [3.05, 3.63) is 21.4 Å². The molecule has 1 fully saturated rings. The van der Waals surface area contributed by atoms with Crippen molar-refractivity contribution in [2.75, 3.05) is 13.7 Å². The average Bonchev–Trinajstić information content (AvgIpc) is 3.13. The summed E-state index contributed by atoms with van der Waals surface area (Å²) in [6.07, 6.45) is -0.166. The Morgan fingerprint density at radius 1 is 1.32 bits per heavy atom. The number of amides is 4. The highest BCUT2D eigenvalue weighted by atomic mass is 32.1. The summed E-state index contributed by atoms with van der Waals surface area (Å²) in [6, 6.07) is -1.22. The number of rotatable bonds is 4. The zero-order chi connectivity index (χ0) is 18.3. The Morgan fingerprint density at radius 2 is 2.04 bits per heavy atom. The predicted octanol–water partition coefficient (Wildman–Crippen LogP) is 0.433. The first kappa shape index (κ1) is 16.9. The third kappa shape index (κ3) is 2.52. The molecule has 3 heterocycles. The number of carbonyl (C=O) groups excluding carboxylic acids is 5. The van der Waals surface area contributed by atoms with Gasteiger partial charge in [0.2, 0.25) is 5.91 Å². The molecule has 1 atom stereocenters. The van der Waals surface area contributed by atoms with E-state index in [1.165, 1.54) is 5.38 Å². The van der Waals surface area contributed by atoms with Gasteiger partial charge in [0.1, 0.15) is 12.6 Å². The first-order valence-corrected chi connectivity index (χ1v) is 8.02. The molecule has 0 saturated carbocycles. The summed E-state index contributed by atoms with van der Waals surface area (Å²) in [6.45, 7) is -0.594. The van der Waals surface area contributed by atoms with E-state index in [1.807, 2.05) is 0 Å². The van der Waals surface area contributed by atoms with Gasteiger partial charge in [-0.25, -0.2) is 0 Å². The second-order valence-electron chi connectivity index (χ2n) is 5.35. The average molecular weight is 365 g/mol. The third-order valence-electron chi connectivity index (χ3n) is 4.05.